The lowest BCUT2D eigenvalue weighted by atomic mass is 9.97. The summed E-state index contributed by atoms with van der Waals surface area (Å²) in [4.78, 5) is 26.4. The van der Waals surface area contributed by atoms with E-state index in [2.05, 4.69) is 44.5 Å². The molecule has 1 unspecified atom stereocenters. The minimum Gasteiger partial charge on any atom is -0.371 e. The van der Waals surface area contributed by atoms with E-state index in [1.54, 1.807) is 29.4 Å². The largest absolute Gasteiger partial charge is 0.371 e. The lowest BCUT2D eigenvalue weighted by molar-refractivity contribution is -0.118. The monoisotopic (exact) mass is 438 g/mol. The van der Waals surface area contributed by atoms with E-state index in [1.165, 1.54) is 34.4 Å². The third kappa shape index (κ3) is 4.18. The van der Waals surface area contributed by atoms with Crippen molar-refractivity contribution in [3.8, 4) is 0 Å². The van der Waals surface area contributed by atoms with Crippen LogP contribution in [-0.2, 0) is 17.6 Å². The Kier molecular flexibility index (Phi) is 5.91. The molecule has 1 N–H and O–H groups in total. The van der Waals surface area contributed by atoms with Crippen LogP contribution in [0.15, 0.2) is 41.7 Å². The predicted molar refractivity (Wildman–Crippen MR) is 125 cm³/mol. The predicted octanol–water partition coefficient (Wildman–Crippen LogP) is 4.30. The number of benzene rings is 1. The first-order chi connectivity index (χ1) is 14.8. The summed E-state index contributed by atoms with van der Waals surface area (Å²) in [5.41, 5.74) is 2.70. The molecule has 1 fully saturated rings. The lowest BCUT2D eigenvalue weighted by Crippen LogP contribution is -2.32. The van der Waals surface area contributed by atoms with Crippen LogP contribution in [0.25, 0.3) is 10.2 Å². The third-order valence-corrected chi connectivity index (χ3v) is 8.24. The van der Waals surface area contributed by atoms with Gasteiger partial charge in [0.15, 0.2) is 0 Å². The minimum atomic E-state index is 0.0917. The van der Waals surface area contributed by atoms with Crippen molar-refractivity contribution in [1.29, 1.82) is 0 Å². The molecular weight excluding hydrogens is 412 g/mol. The summed E-state index contributed by atoms with van der Waals surface area (Å²) in [5.74, 6) is 1.01. The quantitative estimate of drug-likeness (QED) is 0.459. The molecule has 1 amide bonds. The fourth-order valence-electron chi connectivity index (χ4n) is 4.49. The van der Waals surface area contributed by atoms with Gasteiger partial charge < -0.3 is 10.2 Å². The average molecular weight is 439 g/mol. The van der Waals surface area contributed by atoms with E-state index in [0.717, 1.165) is 48.8 Å². The normalized spacial score (nSPS) is 18.5. The number of nitrogens with one attached hydrogen (secondary N) is 1. The maximum absolute atomic E-state index is 12.5. The Labute approximate surface area is 185 Å². The molecule has 0 spiro atoms. The first-order valence-corrected chi connectivity index (χ1v) is 12.5. The zero-order valence-electron chi connectivity index (χ0n) is 17.0. The van der Waals surface area contributed by atoms with E-state index in [-0.39, 0.29) is 5.91 Å². The minimum absolute atomic E-state index is 0.0917. The highest BCUT2D eigenvalue weighted by molar-refractivity contribution is 8.00. The molecule has 3 heterocycles. The Morgan fingerprint density at radius 1 is 1.20 bits per heavy atom. The summed E-state index contributed by atoms with van der Waals surface area (Å²) in [6, 6.07) is 10.5. The first-order valence-electron chi connectivity index (χ1n) is 10.7. The molecule has 0 saturated carbocycles. The molecule has 1 aromatic carbocycles. The van der Waals surface area contributed by atoms with Crippen LogP contribution in [0.1, 0.15) is 29.7 Å². The number of aromatic nitrogens is 2. The number of amides is 1. The van der Waals surface area contributed by atoms with Crippen LogP contribution in [0.3, 0.4) is 0 Å². The average Bonchev–Trinajstić information content (AvgIpc) is 3.42. The number of hydrogen-bond acceptors (Lipinski definition) is 6. The van der Waals surface area contributed by atoms with E-state index >= 15 is 0 Å². The van der Waals surface area contributed by atoms with Gasteiger partial charge in [0.05, 0.1) is 5.75 Å². The summed E-state index contributed by atoms with van der Waals surface area (Å²) in [6.45, 7) is 2.81. The Hall–Kier alpha value is -2.12. The molecule has 7 heteroatoms. The third-order valence-electron chi connectivity index (χ3n) is 6.05. The molecule has 2 aliphatic rings. The van der Waals surface area contributed by atoms with Gasteiger partial charge in [-0.2, -0.15) is 0 Å². The SMILES string of the molecule is O=C(CSc1ncnc2sc3c(c12)CCCC3)NCC1CCN(c2ccccc2)C1. The summed E-state index contributed by atoms with van der Waals surface area (Å²) in [5, 5.41) is 5.31. The van der Waals surface area contributed by atoms with Crippen molar-refractivity contribution in [3.63, 3.8) is 0 Å². The zero-order chi connectivity index (χ0) is 20.3. The molecule has 1 aliphatic heterocycles. The number of para-hydroxylation sites is 1. The molecule has 1 aliphatic carbocycles. The second-order valence-corrected chi connectivity index (χ2v) is 10.1. The van der Waals surface area contributed by atoms with Crippen LogP contribution in [0.4, 0.5) is 5.69 Å². The van der Waals surface area contributed by atoms with Gasteiger partial charge >= 0.3 is 0 Å². The standard InChI is InChI=1S/C23H26N4OS2/c28-20(24-12-16-10-11-27(13-16)17-6-2-1-3-7-17)14-29-22-21-18-8-4-5-9-19(18)30-23(21)26-15-25-22/h1-3,6-7,15-16H,4-5,8-14H2,(H,24,28). The van der Waals surface area contributed by atoms with Gasteiger partial charge in [-0.25, -0.2) is 9.97 Å². The van der Waals surface area contributed by atoms with Crippen LogP contribution in [-0.4, -0.2) is 41.3 Å². The van der Waals surface area contributed by atoms with E-state index in [0.29, 0.717) is 11.7 Å². The van der Waals surface area contributed by atoms with E-state index in [1.807, 2.05) is 6.07 Å². The van der Waals surface area contributed by atoms with Gasteiger partial charge in [0.25, 0.3) is 0 Å². The number of thiophene rings is 1. The molecule has 5 rings (SSSR count). The van der Waals surface area contributed by atoms with Crippen LogP contribution >= 0.6 is 23.1 Å². The molecule has 2 aromatic heterocycles. The van der Waals surface area contributed by atoms with Crippen LogP contribution < -0.4 is 10.2 Å². The fraction of sp³-hybridized carbons (Fsp3) is 0.435. The van der Waals surface area contributed by atoms with Crippen molar-refractivity contribution in [1.82, 2.24) is 15.3 Å². The molecule has 30 heavy (non-hydrogen) atoms. The van der Waals surface area contributed by atoms with Crippen molar-refractivity contribution < 1.29 is 4.79 Å². The summed E-state index contributed by atoms with van der Waals surface area (Å²) in [6.07, 6.45) is 7.53. The van der Waals surface area contributed by atoms with Crippen LogP contribution in [0.2, 0.25) is 0 Å². The van der Waals surface area contributed by atoms with Gasteiger partial charge in [0.2, 0.25) is 5.91 Å². The Morgan fingerprint density at radius 2 is 2.07 bits per heavy atom. The molecule has 0 radical (unpaired) electrons. The van der Waals surface area contributed by atoms with Gasteiger partial charge in [-0.1, -0.05) is 30.0 Å². The van der Waals surface area contributed by atoms with Gasteiger partial charge in [0.1, 0.15) is 16.2 Å². The zero-order valence-corrected chi connectivity index (χ0v) is 18.6. The number of nitrogens with zero attached hydrogens (tertiary/aromatic N) is 3. The van der Waals surface area contributed by atoms with Crippen molar-refractivity contribution in [2.75, 3.05) is 30.3 Å². The smallest absolute Gasteiger partial charge is 0.230 e. The number of hydrogen-bond donors (Lipinski definition) is 1. The molecule has 1 atom stereocenters. The highest BCUT2D eigenvalue weighted by atomic mass is 32.2. The fourth-order valence-corrected chi connectivity index (χ4v) is 6.64. The van der Waals surface area contributed by atoms with E-state index in [9.17, 15) is 4.79 Å². The van der Waals surface area contributed by atoms with Crippen molar-refractivity contribution in [2.24, 2.45) is 5.92 Å². The molecule has 1 saturated heterocycles. The van der Waals surface area contributed by atoms with E-state index < -0.39 is 0 Å². The lowest BCUT2D eigenvalue weighted by Gasteiger charge is -2.18. The maximum atomic E-state index is 12.5. The number of fused-ring (bicyclic) bond motifs is 3. The van der Waals surface area contributed by atoms with Gasteiger partial charge in [0, 0.05) is 35.6 Å². The second-order valence-electron chi connectivity index (χ2n) is 8.10. The van der Waals surface area contributed by atoms with Crippen LogP contribution in [0.5, 0.6) is 0 Å². The molecule has 0 bridgehead atoms. The van der Waals surface area contributed by atoms with Crippen molar-refractivity contribution in [2.45, 2.75) is 37.1 Å². The highest BCUT2D eigenvalue weighted by Gasteiger charge is 2.23. The summed E-state index contributed by atoms with van der Waals surface area (Å²) in [7, 11) is 0. The maximum Gasteiger partial charge on any atom is 0.230 e. The topological polar surface area (TPSA) is 58.1 Å². The van der Waals surface area contributed by atoms with Gasteiger partial charge in [-0.05, 0) is 55.7 Å². The number of thioether (sulfide) groups is 1. The Balaban J connectivity index is 1.15. The molecule has 3 aromatic rings. The Bertz CT molecular complexity index is 1040. The number of anilines is 1. The van der Waals surface area contributed by atoms with Crippen LogP contribution in [0, 0.1) is 5.92 Å². The summed E-state index contributed by atoms with van der Waals surface area (Å²) >= 11 is 3.35. The molecule has 5 nitrogen and oxygen atoms in total. The number of rotatable bonds is 6. The van der Waals surface area contributed by atoms with Crippen molar-refractivity contribution >= 4 is 44.9 Å². The number of carbonyl (C=O) groups is 1. The highest BCUT2D eigenvalue weighted by Crippen LogP contribution is 2.39. The Morgan fingerprint density at radius 3 is 2.97 bits per heavy atom. The second kappa shape index (κ2) is 8.94. The van der Waals surface area contributed by atoms with Gasteiger partial charge in [-0.15, -0.1) is 11.3 Å². The molecule has 156 valence electrons. The number of carbonyl (C=O) groups excluding carboxylic acids is 1. The van der Waals surface area contributed by atoms with E-state index in [4.69, 9.17) is 0 Å². The summed E-state index contributed by atoms with van der Waals surface area (Å²) < 4.78 is 0. The first kappa shape index (κ1) is 19.8. The molecular formula is C23H26N4OS2. The number of aryl methyl sites for hydroxylation is 2. The van der Waals surface area contributed by atoms with Crippen molar-refractivity contribution in [3.05, 3.63) is 47.1 Å². The van der Waals surface area contributed by atoms with Gasteiger partial charge in [-0.3, -0.25) is 4.79 Å².